The van der Waals surface area contributed by atoms with Crippen LogP contribution in [0.2, 0.25) is 0 Å². The lowest BCUT2D eigenvalue weighted by atomic mass is 10.0. The van der Waals surface area contributed by atoms with Crippen LogP contribution in [0.25, 0.3) is 27.7 Å². The molecule has 0 unspecified atom stereocenters. The lowest BCUT2D eigenvalue weighted by Gasteiger charge is -2.10. The van der Waals surface area contributed by atoms with E-state index in [2.05, 4.69) is 25.4 Å². The molecule has 2 aromatic carbocycles. The summed E-state index contributed by atoms with van der Waals surface area (Å²) in [6.07, 6.45) is -2.04. The number of anilines is 3. The standard InChI is InChI=1S/C23H19F3N8O2/c1-36-16-4-2-3-15-18(16)33-22(32-15)31-13-7-5-12(6-8-13)17-14(21(35)28-10-23(24,25)26)9-34-19(17)20(27)29-11-30-34/h2-9,11H,10H2,1H3,(H,28,35)(H2,27,29,30)(H2,31,32,33). The van der Waals surface area contributed by atoms with Crippen LogP contribution in [0.1, 0.15) is 10.4 Å². The van der Waals surface area contributed by atoms with E-state index >= 15 is 0 Å². The maximum Gasteiger partial charge on any atom is 0.405 e. The number of methoxy groups -OCH3 is 1. The second-order valence-electron chi connectivity index (χ2n) is 7.80. The minimum absolute atomic E-state index is 0.0171. The SMILES string of the molecule is COc1cccc2[nH]c(Nc3ccc(-c4c(C(=O)NCC(F)(F)F)cn5ncnc(N)c45)cc3)nc12. The zero-order chi connectivity index (χ0) is 25.4. The van der Waals surface area contributed by atoms with Gasteiger partial charge in [0.15, 0.2) is 5.82 Å². The van der Waals surface area contributed by atoms with Gasteiger partial charge in [0.2, 0.25) is 5.95 Å². The number of imidazole rings is 1. The third-order valence-corrected chi connectivity index (χ3v) is 5.43. The highest BCUT2D eigenvalue weighted by Gasteiger charge is 2.29. The van der Waals surface area contributed by atoms with Crippen molar-refractivity contribution in [2.45, 2.75) is 6.18 Å². The van der Waals surface area contributed by atoms with Gasteiger partial charge < -0.3 is 26.1 Å². The van der Waals surface area contributed by atoms with Crippen LogP contribution in [0.15, 0.2) is 55.0 Å². The number of H-pyrrole nitrogens is 1. The number of ether oxygens (including phenoxy) is 1. The molecule has 5 rings (SSSR count). The number of aromatic nitrogens is 5. The van der Waals surface area contributed by atoms with Gasteiger partial charge in [-0.3, -0.25) is 4.79 Å². The summed E-state index contributed by atoms with van der Waals surface area (Å²) in [5, 5.41) is 9.09. The van der Waals surface area contributed by atoms with Crippen LogP contribution in [0.4, 0.5) is 30.6 Å². The van der Waals surface area contributed by atoms with Gasteiger partial charge in [-0.25, -0.2) is 14.5 Å². The summed E-state index contributed by atoms with van der Waals surface area (Å²) in [5.41, 5.74) is 9.30. The largest absolute Gasteiger partial charge is 0.494 e. The van der Waals surface area contributed by atoms with Crippen LogP contribution in [-0.2, 0) is 0 Å². The highest BCUT2D eigenvalue weighted by atomic mass is 19.4. The van der Waals surface area contributed by atoms with Gasteiger partial charge in [-0.2, -0.15) is 18.3 Å². The number of nitrogens with two attached hydrogens (primary N) is 1. The van der Waals surface area contributed by atoms with Gasteiger partial charge in [0.05, 0.1) is 18.2 Å². The van der Waals surface area contributed by atoms with Crippen molar-refractivity contribution in [3.63, 3.8) is 0 Å². The van der Waals surface area contributed by atoms with Crippen LogP contribution in [0.3, 0.4) is 0 Å². The molecular weight excluding hydrogens is 477 g/mol. The van der Waals surface area contributed by atoms with E-state index in [9.17, 15) is 18.0 Å². The first-order valence-corrected chi connectivity index (χ1v) is 10.6. The van der Waals surface area contributed by atoms with Crippen LogP contribution >= 0.6 is 0 Å². The van der Waals surface area contributed by atoms with E-state index in [1.165, 1.54) is 17.0 Å². The number of benzene rings is 2. The summed E-state index contributed by atoms with van der Waals surface area (Å²) in [4.78, 5) is 24.3. The highest BCUT2D eigenvalue weighted by Crippen LogP contribution is 2.34. The molecule has 13 heteroatoms. The average molecular weight is 496 g/mol. The fraction of sp³-hybridized carbons (Fsp3) is 0.130. The Morgan fingerprint density at radius 3 is 2.69 bits per heavy atom. The molecule has 10 nitrogen and oxygen atoms in total. The lowest BCUT2D eigenvalue weighted by molar-refractivity contribution is -0.123. The molecule has 0 fully saturated rings. The average Bonchev–Trinajstić information content (AvgIpc) is 3.44. The van der Waals surface area contributed by atoms with E-state index in [4.69, 9.17) is 10.5 Å². The topological polar surface area (TPSA) is 135 Å². The number of hydrogen-bond acceptors (Lipinski definition) is 7. The summed E-state index contributed by atoms with van der Waals surface area (Å²) in [6, 6.07) is 12.4. The van der Waals surface area contributed by atoms with Gasteiger partial charge in [-0.05, 0) is 29.8 Å². The van der Waals surface area contributed by atoms with Crippen LogP contribution < -0.4 is 21.1 Å². The Morgan fingerprint density at radius 1 is 1.19 bits per heavy atom. The highest BCUT2D eigenvalue weighted by molar-refractivity contribution is 6.07. The maximum absolute atomic E-state index is 12.7. The Morgan fingerprint density at radius 2 is 1.97 bits per heavy atom. The molecule has 0 aliphatic rings. The molecule has 0 radical (unpaired) electrons. The number of rotatable bonds is 6. The molecule has 0 atom stereocenters. The van der Waals surface area contributed by atoms with Crippen molar-refractivity contribution in [2.24, 2.45) is 0 Å². The minimum atomic E-state index is -4.55. The number of amides is 1. The van der Waals surface area contributed by atoms with E-state index in [1.54, 1.807) is 31.4 Å². The summed E-state index contributed by atoms with van der Waals surface area (Å²) in [5.74, 6) is 0.282. The van der Waals surface area contributed by atoms with Crippen molar-refractivity contribution in [3.8, 4) is 16.9 Å². The third kappa shape index (κ3) is 4.33. The number of hydrogen-bond donors (Lipinski definition) is 4. The fourth-order valence-electron chi connectivity index (χ4n) is 3.86. The Kier molecular flexibility index (Phi) is 5.59. The number of fused-ring (bicyclic) bond motifs is 2. The Hall–Kier alpha value is -4.81. The number of halogens is 3. The number of alkyl halides is 3. The van der Waals surface area contributed by atoms with Gasteiger partial charge in [0.25, 0.3) is 5.91 Å². The number of nitrogen functional groups attached to an aromatic ring is 1. The van der Waals surface area contributed by atoms with E-state index in [-0.39, 0.29) is 11.4 Å². The molecule has 3 aromatic heterocycles. The van der Waals surface area contributed by atoms with Gasteiger partial charge in [-0.15, -0.1) is 0 Å². The second kappa shape index (κ2) is 8.76. The summed E-state index contributed by atoms with van der Waals surface area (Å²) in [7, 11) is 1.57. The first-order chi connectivity index (χ1) is 17.2. The minimum Gasteiger partial charge on any atom is -0.494 e. The van der Waals surface area contributed by atoms with Gasteiger partial charge in [0, 0.05) is 17.4 Å². The zero-order valence-corrected chi connectivity index (χ0v) is 18.7. The molecule has 5 aromatic rings. The summed E-state index contributed by atoms with van der Waals surface area (Å²) in [6.45, 7) is -1.47. The molecule has 0 aliphatic heterocycles. The van der Waals surface area contributed by atoms with Crippen LogP contribution in [0, 0.1) is 0 Å². The van der Waals surface area contributed by atoms with Crippen molar-refractivity contribution in [3.05, 3.63) is 60.6 Å². The Balaban J connectivity index is 1.48. The van der Waals surface area contributed by atoms with Crippen molar-refractivity contribution in [1.29, 1.82) is 0 Å². The fourth-order valence-corrected chi connectivity index (χ4v) is 3.86. The van der Waals surface area contributed by atoms with Crippen LogP contribution in [0.5, 0.6) is 5.75 Å². The lowest BCUT2D eigenvalue weighted by Crippen LogP contribution is -2.33. The number of para-hydroxylation sites is 1. The molecule has 0 aliphatic carbocycles. The molecule has 3 heterocycles. The zero-order valence-electron chi connectivity index (χ0n) is 18.7. The van der Waals surface area contributed by atoms with Crippen LogP contribution in [-0.4, -0.2) is 50.3 Å². The molecule has 0 saturated heterocycles. The number of carbonyl (C=O) groups excluding carboxylic acids is 1. The van der Waals surface area contributed by atoms with Crippen molar-refractivity contribution in [1.82, 2.24) is 29.9 Å². The number of aromatic amines is 1. The van der Waals surface area contributed by atoms with Gasteiger partial charge in [0.1, 0.15) is 29.7 Å². The predicted octanol–water partition coefficient (Wildman–Crippen LogP) is 3.90. The van der Waals surface area contributed by atoms with Gasteiger partial charge >= 0.3 is 6.18 Å². The Bertz CT molecular complexity index is 1570. The molecule has 36 heavy (non-hydrogen) atoms. The van der Waals surface area contributed by atoms with E-state index in [0.717, 1.165) is 5.52 Å². The molecule has 0 spiro atoms. The molecule has 5 N–H and O–H groups in total. The van der Waals surface area contributed by atoms with E-state index in [1.807, 2.05) is 23.5 Å². The Labute approximate surface area is 201 Å². The smallest absolute Gasteiger partial charge is 0.405 e. The van der Waals surface area contributed by atoms with Gasteiger partial charge in [-0.1, -0.05) is 18.2 Å². The van der Waals surface area contributed by atoms with Crippen molar-refractivity contribution >= 4 is 39.9 Å². The summed E-state index contributed by atoms with van der Waals surface area (Å²) < 4.78 is 44.7. The second-order valence-corrected chi connectivity index (χ2v) is 7.80. The number of carbonyl (C=O) groups is 1. The third-order valence-electron chi connectivity index (χ3n) is 5.43. The molecular formula is C23H19F3N8O2. The van der Waals surface area contributed by atoms with Crippen molar-refractivity contribution < 1.29 is 22.7 Å². The quantitative estimate of drug-likeness (QED) is 0.280. The number of nitrogens with one attached hydrogen (secondary N) is 3. The predicted molar refractivity (Wildman–Crippen MR) is 127 cm³/mol. The molecule has 1 amide bonds. The normalized spacial score (nSPS) is 11.7. The summed E-state index contributed by atoms with van der Waals surface area (Å²) >= 11 is 0. The molecule has 184 valence electrons. The first kappa shape index (κ1) is 23.0. The molecule has 0 bridgehead atoms. The number of nitrogens with zero attached hydrogens (tertiary/aromatic N) is 4. The molecule has 0 saturated carbocycles. The van der Waals surface area contributed by atoms with E-state index < -0.39 is 18.6 Å². The monoisotopic (exact) mass is 496 g/mol. The van der Waals surface area contributed by atoms with E-state index in [0.29, 0.717) is 39.5 Å². The first-order valence-electron chi connectivity index (χ1n) is 10.6. The maximum atomic E-state index is 12.7. The van der Waals surface area contributed by atoms with Crippen molar-refractivity contribution in [2.75, 3.05) is 24.7 Å².